The van der Waals surface area contributed by atoms with Crippen molar-refractivity contribution in [3.63, 3.8) is 0 Å². The molecule has 0 spiro atoms. The van der Waals surface area contributed by atoms with Crippen molar-refractivity contribution in [2.75, 3.05) is 18.4 Å². The van der Waals surface area contributed by atoms with E-state index in [1.165, 1.54) is 30.0 Å². The summed E-state index contributed by atoms with van der Waals surface area (Å²) in [6.07, 6.45) is -4.47. The van der Waals surface area contributed by atoms with Crippen LogP contribution < -0.4 is 10.6 Å². The molecule has 36 heavy (non-hydrogen) atoms. The van der Waals surface area contributed by atoms with Gasteiger partial charge in [-0.2, -0.15) is 13.2 Å². The molecular formula is C24H20ClF5N4O2. The molecule has 0 radical (unpaired) electrons. The van der Waals surface area contributed by atoms with Gasteiger partial charge in [0.05, 0.1) is 5.52 Å². The third kappa shape index (κ3) is 5.84. The molecule has 6 nitrogen and oxygen atoms in total. The van der Waals surface area contributed by atoms with E-state index >= 15 is 0 Å². The van der Waals surface area contributed by atoms with Crippen LogP contribution in [-0.4, -0.2) is 46.9 Å². The highest BCUT2D eigenvalue weighted by atomic mass is 35.5. The highest BCUT2D eigenvalue weighted by Crippen LogP contribution is 2.34. The first-order chi connectivity index (χ1) is 16.9. The van der Waals surface area contributed by atoms with Crippen molar-refractivity contribution in [3.05, 3.63) is 70.4 Å². The zero-order chi connectivity index (χ0) is 26.2. The number of carbonyl (C=O) groups excluding carboxylic acids is 2. The van der Waals surface area contributed by atoms with Gasteiger partial charge in [0.2, 0.25) is 5.91 Å². The van der Waals surface area contributed by atoms with E-state index in [2.05, 4.69) is 15.6 Å². The number of amides is 2. The SMILES string of the molecule is CC(=O)N1C[C@@H](NC(=O)c2cc(F)cc(F)c2)C[C@@H](Nc2cc(C(F)(F)F)nc3ccc(Cl)cc23)C1. The average molecular weight is 527 g/mol. The molecule has 0 bridgehead atoms. The Hall–Kier alpha value is -3.47. The number of nitrogens with one attached hydrogen (secondary N) is 2. The van der Waals surface area contributed by atoms with Crippen LogP contribution in [0.1, 0.15) is 29.4 Å². The van der Waals surface area contributed by atoms with Crippen molar-refractivity contribution in [1.29, 1.82) is 0 Å². The number of halogens is 6. The van der Waals surface area contributed by atoms with Crippen LogP contribution in [0.3, 0.4) is 0 Å². The largest absolute Gasteiger partial charge is 0.433 e. The van der Waals surface area contributed by atoms with Crippen molar-refractivity contribution < 1.29 is 31.5 Å². The molecule has 1 aromatic heterocycles. The molecule has 3 aromatic rings. The minimum Gasteiger partial charge on any atom is -0.380 e. The number of anilines is 1. The number of benzene rings is 2. The summed E-state index contributed by atoms with van der Waals surface area (Å²) in [5.74, 6) is -2.89. The van der Waals surface area contributed by atoms with E-state index in [1.54, 1.807) is 0 Å². The summed E-state index contributed by atoms with van der Waals surface area (Å²) in [6.45, 7) is 1.60. The van der Waals surface area contributed by atoms with Gasteiger partial charge in [0, 0.05) is 59.8 Å². The van der Waals surface area contributed by atoms with E-state index in [0.717, 1.165) is 18.2 Å². The Morgan fingerprint density at radius 3 is 2.33 bits per heavy atom. The number of alkyl halides is 3. The van der Waals surface area contributed by atoms with Gasteiger partial charge in [-0.15, -0.1) is 0 Å². The highest BCUT2D eigenvalue weighted by Gasteiger charge is 2.35. The molecule has 2 N–H and O–H groups in total. The summed E-state index contributed by atoms with van der Waals surface area (Å²) in [7, 11) is 0. The average Bonchev–Trinajstić information content (AvgIpc) is 2.77. The van der Waals surface area contributed by atoms with Gasteiger partial charge in [-0.25, -0.2) is 13.8 Å². The molecule has 0 saturated carbocycles. The quantitative estimate of drug-likeness (QED) is 0.468. The van der Waals surface area contributed by atoms with Crippen LogP contribution >= 0.6 is 11.6 Å². The summed E-state index contributed by atoms with van der Waals surface area (Å²) in [5.41, 5.74) is -1.14. The smallest absolute Gasteiger partial charge is 0.380 e. The van der Waals surface area contributed by atoms with Gasteiger partial charge in [-0.1, -0.05) is 11.6 Å². The topological polar surface area (TPSA) is 74.3 Å². The summed E-state index contributed by atoms with van der Waals surface area (Å²) in [6, 6.07) is 6.35. The second kappa shape index (κ2) is 9.88. The van der Waals surface area contributed by atoms with E-state index in [1.807, 2.05) is 0 Å². The van der Waals surface area contributed by atoms with Crippen molar-refractivity contribution in [2.45, 2.75) is 31.6 Å². The number of hydrogen-bond acceptors (Lipinski definition) is 4. The van der Waals surface area contributed by atoms with Gasteiger partial charge in [0.1, 0.15) is 17.3 Å². The van der Waals surface area contributed by atoms with Crippen LogP contribution in [-0.2, 0) is 11.0 Å². The number of hydrogen-bond donors (Lipinski definition) is 2. The molecule has 0 unspecified atom stereocenters. The predicted octanol–water partition coefficient (Wildman–Crippen LogP) is 5.02. The normalized spacial score (nSPS) is 18.2. The van der Waals surface area contributed by atoms with Crippen molar-refractivity contribution in [2.24, 2.45) is 0 Å². The monoisotopic (exact) mass is 526 g/mol. The van der Waals surface area contributed by atoms with Gasteiger partial charge >= 0.3 is 6.18 Å². The van der Waals surface area contributed by atoms with E-state index < -0.39 is 41.5 Å². The lowest BCUT2D eigenvalue weighted by atomic mass is 9.99. The zero-order valence-electron chi connectivity index (χ0n) is 18.8. The Balaban J connectivity index is 1.62. The third-order valence-electron chi connectivity index (χ3n) is 5.78. The number of pyridine rings is 1. The first-order valence-electron chi connectivity index (χ1n) is 10.9. The van der Waals surface area contributed by atoms with Gasteiger partial charge in [0.25, 0.3) is 5.91 Å². The molecule has 0 aliphatic carbocycles. The summed E-state index contributed by atoms with van der Waals surface area (Å²) < 4.78 is 67.5. The molecule has 2 amide bonds. The summed E-state index contributed by atoms with van der Waals surface area (Å²) in [4.78, 5) is 29.9. The van der Waals surface area contributed by atoms with Crippen LogP contribution in [0.15, 0.2) is 42.5 Å². The molecule has 2 heterocycles. The molecule has 1 aliphatic heterocycles. The minimum absolute atomic E-state index is 0.0777. The lowest BCUT2D eigenvalue weighted by molar-refractivity contribution is -0.140. The lowest BCUT2D eigenvalue weighted by Gasteiger charge is -2.38. The second-order valence-electron chi connectivity index (χ2n) is 8.54. The van der Waals surface area contributed by atoms with E-state index in [0.29, 0.717) is 16.5 Å². The van der Waals surface area contributed by atoms with Crippen molar-refractivity contribution >= 4 is 40.0 Å². The molecule has 1 fully saturated rings. The molecule has 2 atom stereocenters. The standard InChI is InChI=1S/C24H20ClF5N4O2/c1-12(35)34-10-17(8-18(11-34)32-23(36)13-4-15(26)7-16(27)5-13)31-21-9-22(24(28,29)30)33-20-3-2-14(25)6-19(20)21/h2-7,9,17-18H,8,10-11H2,1H3,(H,31,33)(H,32,36)/t17-,18+/m1/s1. The van der Waals surface area contributed by atoms with Crippen LogP contribution in [0.5, 0.6) is 0 Å². The van der Waals surface area contributed by atoms with E-state index in [4.69, 9.17) is 11.6 Å². The minimum atomic E-state index is -4.70. The summed E-state index contributed by atoms with van der Waals surface area (Å²) >= 11 is 6.06. The molecule has 190 valence electrons. The number of carbonyl (C=O) groups is 2. The molecule has 4 rings (SSSR count). The molecule has 12 heteroatoms. The Bertz CT molecular complexity index is 1310. The van der Waals surface area contributed by atoms with Gasteiger partial charge in [-0.05, 0) is 42.8 Å². The van der Waals surface area contributed by atoms with Crippen LogP contribution in [0, 0.1) is 11.6 Å². The maximum absolute atomic E-state index is 13.5. The Morgan fingerprint density at radius 2 is 1.69 bits per heavy atom. The van der Waals surface area contributed by atoms with Crippen LogP contribution in [0.4, 0.5) is 27.6 Å². The van der Waals surface area contributed by atoms with Crippen molar-refractivity contribution in [3.8, 4) is 0 Å². The fourth-order valence-electron chi connectivity index (χ4n) is 4.20. The zero-order valence-corrected chi connectivity index (χ0v) is 19.6. The fourth-order valence-corrected chi connectivity index (χ4v) is 4.37. The molecular weight excluding hydrogens is 507 g/mol. The molecule has 2 aromatic carbocycles. The Kier molecular flexibility index (Phi) is 7.03. The predicted molar refractivity (Wildman–Crippen MR) is 124 cm³/mol. The lowest BCUT2D eigenvalue weighted by Crippen LogP contribution is -2.55. The highest BCUT2D eigenvalue weighted by molar-refractivity contribution is 6.31. The van der Waals surface area contributed by atoms with Gasteiger partial charge in [0.15, 0.2) is 0 Å². The van der Waals surface area contributed by atoms with E-state index in [9.17, 15) is 31.5 Å². The Labute approximate surface area is 207 Å². The van der Waals surface area contributed by atoms with Crippen LogP contribution in [0.25, 0.3) is 10.9 Å². The Morgan fingerprint density at radius 1 is 1.03 bits per heavy atom. The number of likely N-dealkylation sites (tertiary alicyclic amines) is 1. The first-order valence-corrected chi connectivity index (χ1v) is 11.2. The number of aromatic nitrogens is 1. The number of rotatable bonds is 4. The van der Waals surface area contributed by atoms with Crippen LogP contribution in [0.2, 0.25) is 5.02 Å². The number of piperidine rings is 1. The van der Waals surface area contributed by atoms with E-state index in [-0.39, 0.29) is 42.2 Å². The number of fused-ring (bicyclic) bond motifs is 1. The number of nitrogens with zero attached hydrogens (tertiary/aromatic N) is 2. The third-order valence-corrected chi connectivity index (χ3v) is 6.01. The molecule has 1 saturated heterocycles. The second-order valence-corrected chi connectivity index (χ2v) is 8.98. The maximum atomic E-state index is 13.5. The van der Waals surface area contributed by atoms with Gasteiger partial charge < -0.3 is 15.5 Å². The first kappa shape index (κ1) is 25.6. The molecule has 1 aliphatic rings. The summed E-state index contributed by atoms with van der Waals surface area (Å²) in [5, 5.41) is 6.35. The maximum Gasteiger partial charge on any atom is 0.433 e. The van der Waals surface area contributed by atoms with Gasteiger partial charge in [-0.3, -0.25) is 9.59 Å². The van der Waals surface area contributed by atoms with Crippen molar-refractivity contribution in [1.82, 2.24) is 15.2 Å². The fraction of sp³-hybridized carbons (Fsp3) is 0.292.